The van der Waals surface area contributed by atoms with Crippen molar-refractivity contribution in [3.8, 4) is 5.75 Å². The molecule has 100 valence electrons. The van der Waals surface area contributed by atoms with Crippen LogP contribution in [0.2, 0.25) is 0 Å². The van der Waals surface area contributed by atoms with E-state index < -0.39 is 0 Å². The Morgan fingerprint density at radius 1 is 1.44 bits per heavy atom. The van der Waals surface area contributed by atoms with Gasteiger partial charge in [0.2, 0.25) is 0 Å². The van der Waals surface area contributed by atoms with Crippen LogP contribution in [0, 0.1) is 0 Å². The number of phenols is 1. The first-order valence-electron chi connectivity index (χ1n) is 6.32. The first-order chi connectivity index (χ1) is 8.65. The van der Waals surface area contributed by atoms with E-state index >= 15 is 0 Å². The third-order valence-electron chi connectivity index (χ3n) is 2.72. The molecular formula is C14H21NO3. The van der Waals surface area contributed by atoms with Crippen molar-refractivity contribution >= 4 is 5.97 Å². The summed E-state index contributed by atoms with van der Waals surface area (Å²) in [6, 6.07) is 7.32. The number of para-hydroxylation sites is 1. The van der Waals surface area contributed by atoms with Crippen LogP contribution in [0.1, 0.15) is 38.3 Å². The molecule has 0 amide bonds. The summed E-state index contributed by atoms with van der Waals surface area (Å²) in [5.74, 6) is 0.136. The summed E-state index contributed by atoms with van der Waals surface area (Å²) < 4.78 is 4.85. The van der Waals surface area contributed by atoms with E-state index in [-0.39, 0.29) is 12.0 Å². The topological polar surface area (TPSA) is 58.6 Å². The largest absolute Gasteiger partial charge is 0.508 e. The van der Waals surface area contributed by atoms with Crippen LogP contribution in [0.15, 0.2) is 24.3 Å². The number of carbonyl (C=O) groups excluding carboxylic acids is 1. The fourth-order valence-electron chi connectivity index (χ4n) is 1.75. The maximum atomic E-state index is 11.1. The number of aromatic hydroxyl groups is 1. The molecule has 1 unspecified atom stereocenters. The molecule has 0 radical (unpaired) electrons. The van der Waals surface area contributed by atoms with Crippen LogP contribution in [-0.2, 0) is 9.53 Å². The van der Waals surface area contributed by atoms with Crippen molar-refractivity contribution in [2.75, 3.05) is 13.2 Å². The summed E-state index contributed by atoms with van der Waals surface area (Å²) in [5, 5.41) is 13.0. The highest BCUT2D eigenvalue weighted by molar-refractivity contribution is 5.69. The van der Waals surface area contributed by atoms with E-state index in [1.54, 1.807) is 19.1 Å². The van der Waals surface area contributed by atoms with E-state index in [1.807, 2.05) is 19.1 Å². The summed E-state index contributed by atoms with van der Waals surface area (Å²) >= 11 is 0. The van der Waals surface area contributed by atoms with Crippen molar-refractivity contribution in [2.45, 2.75) is 32.7 Å². The Hall–Kier alpha value is -1.55. The van der Waals surface area contributed by atoms with Gasteiger partial charge in [-0.1, -0.05) is 18.2 Å². The molecule has 0 bridgehead atoms. The molecular weight excluding hydrogens is 230 g/mol. The fraction of sp³-hybridized carbons (Fsp3) is 0.500. The van der Waals surface area contributed by atoms with Gasteiger partial charge in [-0.25, -0.2) is 0 Å². The fourth-order valence-corrected chi connectivity index (χ4v) is 1.75. The number of carbonyl (C=O) groups is 1. The SMILES string of the molecule is CCOC(=O)CCCNC(C)c1ccccc1O. The number of benzene rings is 1. The standard InChI is InChI=1S/C14H21NO3/c1-3-18-14(17)9-6-10-15-11(2)12-7-4-5-8-13(12)16/h4-5,7-8,11,15-16H,3,6,9-10H2,1-2H3. The minimum absolute atomic E-state index is 0.0633. The molecule has 0 aliphatic carbocycles. The Labute approximate surface area is 108 Å². The number of esters is 1. The lowest BCUT2D eigenvalue weighted by atomic mass is 10.1. The molecule has 0 heterocycles. The number of nitrogens with one attached hydrogen (secondary N) is 1. The molecule has 1 aromatic rings. The minimum atomic E-state index is -0.158. The molecule has 0 spiro atoms. The van der Waals surface area contributed by atoms with E-state index in [2.05, 4.69) is 5.32 Å². The normalized spacial score (nSPS) is 12.1. The number of hydrogen-bond donors (Lipinski definition) is 2. The van der Waals surface area contributed by atoms with Crippen molar-refractivity contribution in [3.05, 3.63) is 29.8 Å². The number of hydrogen-bond acceptors (Lipinski definition) is 4. The van der Waals surface area contributed by atoms with Crippen LogP contribution in [0.3, 0.4) is 0 Å². The van der Waals surface area contributed by atoms with E-state index in [1.165, 1.54) is 0 Å². The Morgan fingerprint density at radius 3 is 2.83 bits per heavy atom. The molecule has 2 N–H and O–H groups in total. The Balaban J connectivity index is 2.28. The predicted molar refractivity (Wildman–Crippen MR) is 70.4 cm³/mol. The first-order valence-corrected chi connectivity index (χ1v) is 6.32. The van der Waals surface area contributed by atoms with Gasteiger partial charge in [0.1, 0.15) is 5.75 Å². The van der Waals surface area contributed by atoms with Gasteiger partial charge in [-0.2, -0.15) is 0 Å². The van der Waals surface area contributed by atoms with Gasteiger partial charge in [-0.15, -0.1) is 0 Å². The van der Waals surface area contributed by atoms with Crippen molar-refractivity contribution < 1.29 is 14.6 Å². The molecule has 1 rings (SSSR count). The number of phenolic OH excluding ortho intramolecular Hbond substituents is 1. The quantitative estimate of drug-likeness (QED) is 0.577. The van der Waals surface area contributed by atoms with Crippen LogP contribution < -0.4 is 5.32 Å². The van der Waals surface area contributed by atoms with Gasteiger partial charge in [0, 0.05) is 18.0 Å². The van der Waals surface area contributed by atoms with Crippen molar-refractivity contribution in [2.24, 2.45) is 0 Å². The molecule has 0 fully saturated rings. The summed E-state index contributed by atoms with van der Waals surface area (Å²) in [4.78, 5) is 11.1. The van der Waals surface area contributed by atoms with Crippen LogP contribution in [0.25, 0.3) is 0 Å². The second-order valence-corrected chi connectivity index (χ2v) is 4.14. The lowest BCUT2D eigenvalue weighted by Gasteiger charge is -2.15. The zero-order chi connectivity index (χ0) is 13.4. The molecule has 18 heavy (non-hydrogen) atoms. The van der Waals surface area contributed by atoms with Gasteiger partial charge in [0.25, 0.3) is 0 Å². The average molecular weight is 251 g/mol. The summed E-state index contributed by atoms with van der Waals surface area (Å²) in [5.41, 5.74) is 0.869. The highest BCUT2D eigenvalue weighted by atomic mass is 16.5. The smallest absolute Gasteiger partial charge is 0.305 e. The maximum absolute atomic E-state index is 11.1. The Morgan fingerprint density at radius 2 is 2.17 bits per heavy atom. The Kier molecular flexibility index (Phi) is 6.22. The molecule has 1 atom stereocenters. The second-order valence-electron chi connectivity index (χ2n) is 4.14. The number of rotatable bonds is 7. The molecule has 0 aliphatic rings. The zero-order valence-corrected chi connectivity index (χ0v) is 11.0. The molecule has 0 saturated carbocycles. The van der Waals surface area contributed by atoms with Gasteiger partial charge in [-0.05, 0) is 32.9 Å². The van der Waals surface area contributed by atoms with Crippen molar-refractivity contribution in [1.29, 1.82) is 0 Å². The molecule has 0 aromatic heterocycles. The average Bonchev–Trinajstić information content (AvgIpc) is 2.35. The molecule has 0 aliphatic heterocycles. The highest BCUT2D eigenvalue weighted by Crippen LogP contribution is 2.22. The summed E-state index contributed by atoms with van der Waals surface area (Å²) in [7, 11) is 0. The van der Waals surface area contributed by atoms with Gasteiger partial charge < -0.3 is 15.2 Å². The van der Waals surface area contributed by atoms with Crippen LogP contribution >= 0.6 is 0 Å². The van der Waals surface area contributed by atoms with E-state index in [0.717, 1.165) is 12.0 Å². The second kappa shape index (κ2) is 7.71. The minimum Gasteiger partial charge on any atom is -0.508 e. The number of ether oxygens (including phenoxy) is 1. The summed E-state index contributed by atoms with van der Waals surface area (Å²) in [6.45, 7) is 4.94. The van der Waals surface area contributed by atoms with Gasteiger partial charge in [-0.3, -0.25) is 4.79 Å². The summed E-state index contributed by atoms with van der Waals surface area (Å²) in [6.07, 6.45) is 1.16. The van der Waals surface area contributed by atoms with Gasteiger partial charge >= 0.3 is 5.97 Å². The van der Waals surface area contributed by atoms with Gasteiger partial charge in [0.15, 0.2) is 0 Å². The van der Waals surface area contributed by atoms with E-state index in [4.69, 9.17) is 4.74 Å². The third-order valence-corrected chi connectivity index (χ3v) is 2.72. The highest BCUT2D eigenvalue weighted by Gasteiger charge is 2.09. The first kappa shape index (κ1) is 14.5. The molecule has 4 heteroatoms. The monoisotopic (exact) mass is 251 g/mol. The zero-order valence-electron chi connectivity index (χ0n) is 11.0. The van der Waals surface area contributed by atoms with Crippen molar-refractivity contribution in [1.82, 2.24) is 5.32 Å². The van der Waals surface area contributed by atoms with E-state index in [0.29, 0.717) is 25.3 Å². The third kappa shape index (κ3) is 4.75. The lowest BCUT2D eigenvalue weighted by Crippen LogP contribution is -2.20. The Bertz CT molecular complexity index is 379. The molecule has 4 nitrogen and oxygen atoms in total. The van der Waals surface area contributed by atoms with Crippen LogP contribution in [0.5, 0.6) is 5.75 Å². The lowest BCUT2D eigenvalue weighted by molar-refractivity contribution is -0.143. The molecule has 1 aromatic carbocycles. The van der Waals surface area contributed by atoms with E-state index in [9.17, 15) is 9.90 Å². The van der Waals surface area contributed by atoms with Crippen LogP contribution in [0.4, 0.5) is 0 Å². The predicted octanol–water partition coefficient (Wildman–Crippen LogP) is 2.39. The molecule has 0 saturated heterocycles. The van der Waals surface area contributed by atoms with Crippen LogP contribution in [-0.4, -0.2) is 24.2 Å². The van der Waals surface area contributed by atoms with Gasteiger partial charge in [0.05, 0.1) is 6.61 Å². The van der Waals surface area contributed by atoms with Crippen molar-refractivity contribution in [3.63, 3.8) is 0 Å². The maximum Gasteiger partial charge on any atom is 0.305 e.